The number of fused-ring (bicyclic) bond motifs is 1. The van der Waals surface area contributed by atoms with Gasteiger partial charge in [0.2, 0.25) is 0 Å². The van der Waals surface area contributed by atoms with Gasteiger partial charge in [-0.2, -0.15) is 0 Å². The molecule has 1 aromatic rings. The Morgan fingerprint density at radius 1 is 1.38 bits per heavy atom. The van der Waals surface area contributed by atoms with Crippen LogP contribution in [0.4, 0.5) is 0 Å². The fraction of sp³-hybridized carbons (Fsp3) is 0.647. The summed E-state index contributed by atoms with van der Waals surface area (Å²) in [5, 5.41) is 3.61. The largest absolute Gasteiger partial charge is 0.497 e. The molecule has 3 nitrogen and oxygen atoms in total. The molecule has 0 spiro atoms. The summed E-state index contributed by atoms with van der Waals surface area (Å²) in [5.41, 5.74) is 2.62. The quantitative estimate of drug-likeness (QED) is 0.786. The van der Waals surface area contributed by atoms with Crippen molar-refractivity contribution in [3.8, 4) is 5.75 Å². The molecule has 0 heterocycles. The Morgan fingerprint density at radius 3 is 2.86 bits per heavy atom. The lowest BCUT2D eigenvalue weighted by molar-refractivity contribution is 0.412. The maximum atomic E-state index is 12.6. The second kappa shape index (κ2) is 7.95. The van der Waals surface area contributed by atoms with Crippen molar-refractivity contribution in [1.82, 2.24) is 5.32 Å². The Balaban J connectivity index is 2.13. The maximum Gasteiger partial charge on any atom is 0.119 e. The van der Waals surface area contributed by atoms with Crippen LogP contribution in [0.15, 0.2) is 18.2 Å². The highest BCUT2D eigenvalue weighted by Crippen LogP contribution is 2.35. The first-order chi connectivity index (χ1) is 10.2. The Labute approximate surface area is 130 Å². The predicted octanol–water partition coefficient (Wildman–Crippen LogP) is 3.21. The molecule has 0 radical (unpaired) electrons. The lowest BCUT2D eigenvalue weighted by Crippen LogP contribution is -2.37. The normalized spacial score (nSPS) is 22.6. The third-order valence-corrected chi connectivity index (χ3v) is 6.23. The number of methoxy groups -OCH3 is 1. The highest BCUT2D eigenvalue weighted by atomic mass is 32.2. The Kier molecular flexibility index (Phi) is 6.24. The minimum absolute atomic E-state index is 0.196. The number of rotatable bonds is 7. The van der Waals surface area contributed by atoms with E-state index in [9.17, 15) is 4.21 Å². The van der Waals surface area contributed by atoms with Crippen LogP contribution in [0.3, 0.4) is 0 Å². The number of ether oxygens (including phenoxy) is 1. The number of unbranched alkanes of at least 4 members (excludes halogenated alkanes) is 2. The van der Waals surface area contributed by atoms with Crippen LogP contribution in [0.5, 0.6) is 5.75 Å². The highest BCUT2D eigenvalue weighted by molar-refractivity contribution is 7.85. The van der Waals surface area contributed by atoms with Gasteiger partial charge < -0.3 is 10.1 Å². The topological polar surface area (TPSA) is 38.3 Å². The number of nitrogens with one attached hydrogen (secondary N) is 1. The number of hydrogen-bond donors (Lipinski definition) is 1. The summed E-state index contributed by atoms with van der Waals surface area (Å²) in [6.45, 7) is 2.18. The molecule has 0 amide bonds. The number of aryl methyl sites for hydroxylation is 1. The molecule has 3 atom stereocenters. The van der Waals surface area contributed by atoms with Crippen LogP contribution in [-0.2, 0) is 17.2 Å². The molecule has 0 bridgehead atoms. The van der Waals surface area contributed by atoms with E-state index in [4.69, 9.17) is 4.74 Å². The van der Waals surface area contributed by atoms with E-state index in [2.05, 4.69) is 24.4 Å². The molecule has 1 aromatic carbocycles. The summed E-state index contributed by atoms with van der Waals surface area (Å²) < 4.78 is 17.9. The van der Waals surface area contributed by atoms with Crippen molar-refractivity contribution in [3.63, 3.8) is 0 Å². The van der Waals surface area contributed by atoms with Gasteiger partial charge in [-0.15, -0.1) is 0 Å². The van der Waals surface area contributed by atoms with Crippen LogP contribution in [-0.4, -0.2) is 29.4 Å². The van der Waals surface area contributed by atoms with Gasteiger partial charge in [-0.25, -0.2) is 0 Å². The van der Waals surface area contributed by atoms with E-state index in [1.807, 2.05) is 13.1 Å². The van der Waals surface area contributed by atoms with Crippen molar-refractivity contribution in [3.05, 3.63) is 29.3 Å². The van der Waals surface area contributed by atoms with Gasteiger partial charge in [-0.1, -0.05) is 25.8 Å². The zero-order chi connectivity index (χ0) is 15.2. The van der Waals surface area contributed by atoms with Gasteiger partial charge in [0.05, 0.1) is 12.4 Å². The summed E-state index contributed by atoms with van der Waals surface area (Å²) in [6, 6.07) is 6.45. The van der Waals surface area contributed by atoms with Crippen LogP contribution >= 0.6 is 0 Å². The minimum atomic E-state index is -0.746. The fourth-order valence-electron chi connectivity index (χ4n) is 3.16. The molecule has 2 rings (SSSR count). The molecule has 3 unspecified atom stereocenters. The summed E-state index contributed by atoms with van der Waals surface area (Å²) in [5.74, 6) is 1.74. The van der Waals surface area contributed by atoms with Crippen molar-refractivity contribution in [2.24, 2.45) is 0 Å². The Bertz CT molecular complexity index is 490. The lowest BCUT2D eigenvalue weighted by atomic mass is 9.87. The van der Waals surface area contributed by atoms with Crippen LogP contribution in [0, 0.1) is 0 Å². The molecule has 0 aromatic heterocycles. The van der Waals surface area contributed by atoms with Gasteiger partial charge in [0.1, 0.15) is 5.75 Å². The van der Waals surface area contributed by atoms with Crippen LogP contribution in [0.2, 0.25) is 0 Å². The van der Waals surface area contributed by atoms with Gasteiger partial charge in [-0.05, 0) is 49.6 Å². The van der Waals surface area contributed by atoms with Crippen molar-refractivity contribution in [2.45, 2.75) is 50.3 Å². The van der Waals surface area contributed by atoms with E-state index in [1.54, 1.807) is 7.11 Å². The number of hydrogen-bond acceptors (Lipinski definition) is 3. The summed E-state index contributed by atoms with van der Waals surface area (Å²) in [4.78, 5) is 0. The van der Waals surface area contributed by atoms with E-state index >= 15 is 0 Å². The van der Waals surface area contributed by atoms with Gasteiger partial charge in [0.25, 0.3) is 0 Å². The molecule has 1 aliphatic carbocycles. The average molecular weight is 309 g/mol. The van der Waals surface area contributed by atoms with E-state index < -0.39 is 10.8 Å². The van der Waals surface area contributed by atoms with E-state index in [-0.39, 0.29) is 11.3 Å². The first kappa shape index (κ1) is 16.5. The fourth-order valence-corrected chi connectivity index (χ4v) is 4.92. The van der Waals surface area contributed by atoms with E-state index in [1.165, 1.54) is 24.0 Å². The van der Waals surface area contributed by atoms with E-state index in [0.29, 0.717) is 0 Å². The van der Waals surface area contributed by atoms with Crippen molar-refractivity contribution < 1.29 is 8.95 Å². The van der Waals surface area contributed by atoms with Gasteiger partial charge in [0, 0.05) is 22.6 Å². The summed E-state index contributed by atoms with van der Waals surface area (Å²) >= 11 is 0. The molecule has 0 saturated carbocycles. The number of benzene rings is 1. The smallest absolute Gasteiger partial charge is 0.119 e. The molecule has 1 N–H and O–H groups in total. The second-order valence-electron chi connectivity index (χ2n) is 5.70. The maximum absolute atomic E-state index is 12.6. The third-order valence-electron chi connectivity index (χ3n) is 4.35. The molecular formula is C17H27NO2S. The Hall–Kier alpha value is -0.870. The SMILES string of the molecule is CCCCCS(=O)C1CCc2cc(OC)ccc2C1NC. The van der Waals surface area contributed by atoms with Crippen LogP contribution < -0.4 is 10.1 Å². The predicted molar refractivity (Wildman–Crippen MR) is 89.4 cm³/mol. The van der Waals surface area contributed by atoms with Crippen LogP contribution in [0.1, 0.15) is 49.8 Å². The van der Waals surface area contributed by atoms with Crippen molar-refractivity contribution in [2.75, 3.05) is 19.9 Å². The zero-order valence-corrected chi connectivity index (χ0v) is 14.2. The molecule has 21 heavy (non-hydrogen) atoms. The molecular weight excluding hydrogens is 282 g/mol. The summed E-state index contributed by atoms with van der Waals surface area (Å²) in [7, 11) is 2.93. The highest BCUT2D eigenvalue weighted by Gasteiger charge is 2.32. The zero-order valence-electron chi connectivity index (χ0n) is 13.4. The molecule has 0 fully saturated rings. The molecule has 1 aliphatic rings. The van der Waals surface area contributed by atoms with Gasteiger partial charge in [-0.3, -0.25) is 4.21 Å². The minimum Gasteiger partial charge on any atom is -0.497 e. The average Bonchev–Trinajstić information content (AvgIpc) is 2.53. The van der Waals surface area contributed by atoms with Crippen LogP contribution in [0.25, 0.3) is 0 Å². The second-order valence-corrected chi connectivity index (χ2v) is 7.48. The Morgan fingerprint density at radius 2 is 2.19 bits per heavy atom. The van der Waals surface area contributed by atoms with Crippen molar-refractivity contribution >= 4 is 10.8 Å². The van der Waals surface area contributed by atoms with Gasteiger partial charge >= 0.3 is 0 Å². The molecule has 118 valence electrons. The molecule has 4 heteroatoms. The summed E-state index contributed by atoms with van der Waals surface area (Å²) in [6.07, 6.45) is 5.42. The molecule has 0 aliphatic heterocycles. The monoisotopic (exact) mass is 309 g/mol. The molecule has 0 saturated heterocycles. The van der Waals surface area contributed by atoms with E-state index in [0.717, 1.165) is 30.8 Å². The lowest BCUT2D eigenvalue weighted by Gasteiger charge is -2.33. The van der Waals surface area contributed by atoms with Gasteiger partial charge in [0.15, 0.2) is 0 Å². The first-order valence-electron chi connectivity index (χ1n) is 7.92. The standard InChI is InChI=1S/C17H27NO2S/c1-4-5-6-11-21(19)16-10-7-13-12-14(20-3)8-9-15(13)17(16)18-2/h8-9,12,16-18H,4-7,10-11H2,1-3H3. The van der Waals surface area contributed by atoms with Crippen molar-refractivity contribution in [1.29, 1.82) is 0 Å². The first-order valence-corrected chi connectivity index (χ1v) is 9.30. The third kappa shape index (κ3) is 3.86.